The standard InChI is InChI=1S/C21H22N6O2/c1-23-21(29)18-19(22)26-13-17(27-18)14-6-5-7-15(12-14)20(28)25-11-10-24-16-8-3-2-4-9-16/h2-9,12-13,24H,10-11H2,1H3,(H2,22,26)(H,23,29)(H,25,28). The average molecular weight is 390 g/mol. The van der Waals surface area contributed by atoms with Gasteiger partial charge in [-0.3, -0.25) is 9.59 Å². The molecule has 0 bridgehead atoms. The molecule has 0 radical (unpaired) electrons. The molecule has 3 aromatic rings. The zero-order chi connectivity index (χ0) is 20.6. The maximum Gasteiger partial charge on any atom is 0.273 e. The van der Waals surface area contributed by atoms with Crippen molar-refractivity contribution in [3.8, 4) is 11.3 Å². The molecule has 0 spiro atoms. The number of amides is 2. The highest BCUT2D eigenvalue weighted by Crippen LogP contribution is 2.20. The van der Waals surface area contributed by atoms with Gasteiger partial charge in [0, 0.05) is 37.0 Å². The van der Waals surface area contributed by atoms with Crippen molar-refractivity contribution in [1.29, 1.82) is 0 Å². The van der Waals surface area contributed by atoms with E-state index in [-0.39, 0.29) is 17.4 Å². The first-order valence-corrected chi connectivity index (χ1v) is 9.10. The number of carbonyl (C=O) groups excluding carboxylic acids is 2. The highest BCUT2D eigenvalue weighted by molar-refractivity contribution is 5.97. The number of hydrogen-bond acceptors (Lipinski definition) is 6. The van der Waals surface area contributed by atoms with Crippen molar-refractivity contribution in [1.82, 2.24) is 20.6 Å². The van der Waals surface area contributed by atoms with Crippen molar-refractivity contribution >= 4 is 23.3 Å². The van der Waals surface area contributed by atoms with Gasteiger partial charge in [-0.15, -0.1) is 0 Å². The van der Waals surface area contributed by atoms with Crippen LogP contribution in [-0.4, -0.2) is 41.9 Å². The molecule has 0 fully saturated rings. The Hall–Kier alpha value is -3.94. The smallest absolute Gasteiger partial charge is 0.273 e. The van der Waals surface area contributed by atoms with Gasteiger partial charge in [-0.1, -0.05) is 30.3 Å². The molecular weight excluding hydrogens is 368 g/mol. The molecule has 2 aromatic carbocycles. The van der Waals surface area contributed by atoms with Gasteiger partial charge in [-0.25, -0.2) is 9.97 Å². The maximum atomic E-state index is 12.5. The van der Waals surface area contributed by atoms with Gasteiger partial charge in [0.25, 0.3) is 11.8 Å². The highest BCUT2D eigenvalue weighted by atomic mass is 16.2. The van der Waals surface area contributed by atoms with Gasteiger partial charge in [-0.2, -0.15) is 0 Å². The number of rotatable bonds is 7. The van der Waals surface area contributed by atoms with Crippen molar-refractivity contribution in [2.75, 3.05) is 31.2 Å². The Morgan fingerprint density at radius 2 is 1.79 bits per heavy atom. The lowest BCUT2D eigenvalue weighted by molar-refractivity contribution is 0.0948. The number of nitrogens with two attached hydrogens (primary N) is 1. The number of nitrogen functional groups attached to an aromatic ring is 1. The second-order valence-corrected chi connectivity index (χ2v) is 6.20. The first-order valence-electron chi connectivity index (χ1n) is 9.10. The van der Waals surface area contributed by atoms with Crippen LogP contribution >= 0.6 is 0 Å². The first kappa shape index (κ1) is 19.8. The van der Waals surface area contributed by atoms with Crippen molar-refractivity contribution in [3.63, 3.8) is 0 Å². The van der Waals surface area contributed by atoms with Crippen LogP contribution in [0.2, 0.25) is 0 Å². The monoisotopic (exact) mass is 390 g/mol. The molecule has 0 aliphatic rings. The third-order valence-electron chi connectivity index (χ3n) is 4.18. The van der Waals surface area contributed by atoms with Crippen LogP contribution in [0, 0.1) is 0 Å². The zero-order valence-electron chi connectivity index (χ0n) is 16.0. The Kier molecular flexibility index (Phi) is 6.36. The number of hydrogen-bond donors (Lipinski definition) is 4. The molecule has 3 rings (SSSR count). The van der Waals surface area contributed by atoms with E-state index in [4.69, 9.17) is 5.73 Å². The Labute approximate surface area is 168 Å². The summed E-state index contributed by atoms with van der Waals surface area (Å²) in [6, 6.07) is 16.7. The number of nitrogens with zero attached hydrogens (tertiary/aromatic N) is 2. The minimum Gasteiger partial charge on any atom is -0.383 e. The van der Waals surface area contributed by atoms with Gasteiger partial charge >= 0.3 is 0 Å². The van der Waals surface area contributed by atoms with Gasteiger partial charge < -0.3 is 21.7 Å². The Morgan fingerprint density at radius 3 is 2.55 bits per heavy atom. The van der Waals surface area contributed by atoms with Gasteiger partial charge in [0.2, 0.25) is 0 Å². The lowest BCUT2D eigenvalue weighted by Gasteiger charge is -2.09. The van der Waals surface area contributed by atoms with Crippen LogP contribution in [-0.2, 0) is 0 Å². The summed E-state index contributed by atoms with van der Waals surface area (Å²) in [5.74, 6) is -0.568. The Balaban J connectivity index is 1.66. The second kappa shape index (κ2) is 9.32. The first-order chi connectivity index (χ1) is 14.1. The molecule has 29 heavy (non-hydrogen) atoms. The van der Waals surface area contributed by atoms with Crippen LogP contribution in [0.4, 0.5) is 11.5 Å². The van der Waals surface area contributed by atoms with E-state index in [1.807, 2.05) is 30.3 Å². The summed E-state index contributed by atoms with van der Waals surface area (Å²) >= 11 is 0. The number of nitrogens with one attached hydrogen (secondary N) is 3. The molecule has 0 aliphatic carbocycles. The minimum absolute atomic E-state index is 0.0480. The molecule has 5 N–H and O–H groups in total. The third kappa shape index (κ3) is 5.07. The quantitative estimate of drug-likeness (QED) is 0.457. The normalized spacial score (nSPS) is 10.2. The van der Waals surface area contributed by atoms with Crippen LogP contribution in [0.15, 0.2) is 60.8 Å². The number of para-hydroxylation sites is 1. The fraction of sp³-hybridized carbons (Fsp3) is 0.143. The van der Waals surface area contributed by atoms with E-state index in [1.54, 1.807) is 24.3 Å². The minimum atomic E-state index is -0.420. The molecule has 8 nitrogen and oxygen atoms in total. The van der Waals surface area contributed by atoms with Gasteiger partial charge in [0.1, 0.15) is 0 Å². The van der Waals surface area contributed by atoms with Gasteiger partial charge in [0.15, 0.2) is 11.5 Å². The molecular formula is C21H22N6O2. The topological polar surface area (TPSA) is 122 Å². The molecule has 148 valence electrons. The Morgan fingerprint density at radius 1 is 1.00 bits per heavy atom. The molecule has 0 saturated carbocycles. The fourth-order valence-corrected chi connectivity index (χ4v) is 2.68. The van der Waals surface area contributed by atoms with E-state index in [0.717, 1.165) is 5.69 Å². The van der Waals surface area contributed by atoms with Crippen LogP contribution in [0.25, 0.3) is 11.3 Å². The molecule has 8 heteroatoms. The van der Waals surface area contributed by atoms with E-state index in [2.05, 4.69) is 25.9 Å². The van der Waals surface area contributed by atoms with Crippen LogP contribution < -0.4 is 21.7 Å². The fourth-order valence-electron chi connectivity index (χ4n) is 2.68. The van der Waals surface area contributed by atoms with Crippen LogP contribution in [0.1, 0.15) is 20.8 Å². The average Bonchev–Trinajstić information content (AvgIpc) is 2.77. The molecule has 0 atom stereocenters. The maximum absolute atomic E-state index is 12.5. The van der Waals surface area contributed by atoms with Crippen LogP contribution in [0.3, 0.4) is 0 Å². The molecule has 0 unspecified atom stereocenters. The summed E-state index contributed by atoms with van der Waals surface area (Å²) in [6.07, 6.45) is 1.47. The van der Waals surface area contributed by atoms with E-state index in [9.17, 15) is 9.59 Å². The lowest BCUT2D eigenvalue weighted by Crippen LogP contribution is -2.28. The predicted octanol–water partition coefficient (Wildman–Crippen LogP) is 1.93. The van der Waals surface area contributed by atoms with Crippen LogP contribution in [0.5, 0.6) is 0 Å². The van der Waals surface area contributed by atoms with Gasteiger partial charge in [0.05, 0.1) is 11.9 Å². The van der Waals surface area contributed by atoms with Crippen molar-refractivity contribution in [2.45, 2.75) is 0 Å². The summed E-state index contributed by atoms with van der Waals surface area (Å²) in [7, 11) is 1.49. The van der Waals surface area contributed by atoms with E-state index < -0.39 is 5.91 Å². The molecule has 0 aliphatic heterocycles. The molecule has 1 heterocycles. The Bertz CT molecular complexity index is 1010. The van der Waals surface area contributed by atoms with Crippen molar-refractivity contribution in [2.24, 2.45) is 0 Å². The number of benzene rings is 2. The zero-order valence-corrected chi connectivity index (χ0v) is 16.0. The number of carbonyl (C=O) groups is 2. The lowest BCUT2D eigenvalue weighted by atomic mass is 10.1. The van der Waals surface area contributed by atoms with E-state index in [0.29, 0.717) is 29.9 Å². The molecule has 0 saturated heterocycles. The van der Waals surface area contributed by atoms with E-state index in [1.165, 1.54) is 13.2 Å². The predicted molar refractivity (Wildman–Crippen MR) is 113 cm³/mol. The van der Waals surface area contributed by atoms with Crippen molar-refractivity contribution in [3.05, 3.63) is 72.1 Å². The third-order valence-corrected chi connectivity index (χ3v) is 4.18. The number of anilines is 2. The largest absolute Gasteiger partial charge is 0.383 e. The summed E-state index contributed by atoms with van der Waals surface area (Å²) in [4.78, 5) is 32.7. The van der Waals surface area contributed by atoms with E-state index >= 15 is 0 Å². The summed E-state index contributed by atoms with van der Waals surface area (Å²) in [5.41, 5.74) is 8.38. The second-order valence-electron chi connectivity index (χ2n) is 6.20. The number of aromatic nitrogens is 2. The summed E-state index contributed by atoms with van der Waals surface area (Å²) in [6.45, 7) is 1.08. The molecule has 2 amide bonds. The highest BCUT2D eigenvalue weighted by Gasteiger charge is 2.14. The van der Waals surface area contributed by atoms with Crippen molar-refractivity contribution < 1.29 is 9.59 Å². The summed E-state index contributed by atoms with van der Waals surface area (Å²) < 4.78 is 0. The van der Waals surface area contributed by atoms with Gasteiger partial charge in [-0.05, 0) is 24.3 Å². The summed E-state index contributed by atoms with van der Waals surface area (Å²) in [5, 5.41) is 8.59. The SMILES string of the molecule is CNC(=O)c1nc(-c2cccc(C(=O)NCCNc3ccccc3)c2)cnc1N. The molecule has 1 aromatic heterocycles.